The van der Waals surface area contributed by atoms with E-state index in [2.05, 4.69) is 15.5 Å². The van der Waals surface area contributed by atoms with Gasteiger partial charge in [0, 0.05) is 13.5 Å². The van der Waals surface area contributed by atoms with Crippen molar-refractivity contribution in [2.75, 3.05) is 26.2 Å². The van der Waals surface area contributed by atoms with E-state index in [0.29, 0.717) is 6.54 Å². The lowest BCUT2D eigenvalue weighted by Crippen LogP contribution is -2.35. The summed E-state index contributed by atoms with van der Waals surface area (Å²) in [7, 11) is 0. The molecule has 0 aliphatic carbocycles. The van der Waals surface area contributed by atoms with E-state index in [1.807, 2.05) is 31.2 Å². The largest absolute Gasteiger partial charge is 0.356 e. The van der Waals surface area contributed by atoms with E-state index in [9.17, 15) is 9.59 Å². The normalized spacial score (nSPS) is 16.2. The van der Waals surface area contributed by atoms with Gasteiger partial charge in [0.2, 0.25) is 11.8 Å². The van der Waals surface area contributed by atoms with Gasteiger partial charge in [0.25, 0.3) is 0 Å². The van der Waals surface area contributed by atoms with Crippen molar-refractivity contribution in [1.29, 1.82) is 0 Å². The minimum atomic E-state index is -0.278. The number of benzene rings is 1. The highest BCUT2D eigenvalue weighted by molar-refractivity contribution is 5.79. The average Bonchev–Trinajstić information content (AvgIpc) is 2.59. The second-order valence-corrected chi connectivity index (χ2v) is 6.97. The summed E-state index contributed by atoms with van der Waals surface area (Å²) in [6.07, 6.45) is 5.17. The van der Waals surface area contributed by atoms with Crippen molar-refractivity contribution >= 4 is 11.8 Å². The first-order chi connectivity index (χ1) is 12.0. The summed E-state index contributed by atoms with van der Waals surface area (Å²) in [5.41, 5.74) is 2.12. The lowest BCUT2D eigenvalue weighted by molar-refractivity contribution is -0.122. The summed E-state index contributed by atoms with van der Waals surface area (Å²) >= 11 is 0. The number of likely N-dealkylation sites (tertiary alicyclic amines) is 1. The summed E-state index contributed by atoms with van der Waals surface area (Å²) in [6, 6.07) is 7.67. The number of piperidine rings is 1. The number of hydrogen-bond donors (Lipinski definition) is 2. The topological polar surface area (TPSA) is 61.4 Å². The van der Waals surface area contributed by atoms with E-state index in [1.54, 1.807) is 0 Å². The van der Waals surface area contributed by atoms with Crippen LogP contribution in [0.2, 0.25) is 0 Å². The number of aryl methyl sites for hydroxylation is 1. The number of amides is 2. The van der Waals surface area contributed by atoms with Crippen molar-refractivity contribution in [3.8, 4) is 0 Å². The van der Waals surface area contributed by atoms with Gasteiger partial charge < -0.3 is 15.5 Å². The Kier molecular flexibility index (Phi) is 7.92. The number of carbonyl (C=O) groups excluding carboxylic acids is 2. The Morgan fingerprint density at radius 1 is 1.12 bits per heavy atom. The zero-order valence-corrected chi connectivity index (χ0v) is 15.5. The van der Waals surface area contributed by atoms with Crippen LogP contribution in [0, 0.1) is 6.92 Å². The fourth-order valence-electron chi connectivity index (χ4n) is 3.27. The van der Waals surface area contributed by atoms with Crippen LogP contribution < -0.4 is 10.6 Å². The molecule has 1 fully saturated rings. The Hall–Kier alpha value is -1.88. The molecule has 0 bridgehead atoms. The molecule has 1 aliphatic rings. The monoisotopic (exact) mass is 345 g/mol. The molecule has 1 atom stereocenters. The van der Waals surface area contributed by atoms with Crippen LogP contribution in [0.5, 0.6) is 0 Å². The molecule has 1 aromatic carbocycles. The van der Waals surface area contributed by atoms with Gasteiger partial charge in [0.15, 0.2) is 0 Å². The smallest absolute Gasteiger partial charge is 0.222 e. The van der Waals surface area contributed by atoms with Crippen molar-refractivity contribution in [1.82, 2.24) is 15.5 Å². The molecule has 5 nitrogen and oxygen atoms in total. The number of nitrogens with zero attached hydrogens (tertiary/aromatic N) is 1. The molecule has 1 aromatic rings. The third-order valence-corrected chi connectivity index (χ3v) is 4.67. The maximum absolute atomic E-state index is 12.3. The molecule has 25 heavy (non-hydrogen) atoms. The lowest BCUT2D eigenvalue weighted by atomic mass is 10.0. The number of hydrogen-bond acceptors (Lipinski definition) is 3. The van der Waals surface area contributed by atoms with Crippen LogP contribution in [0.15, 0.2) is 24.3 Å². The Balaban J connectivity index is 1.76. The third-order valence-electron chi connectivity index (χ3n) is 4.67. The minimum Gasteiger partial charge on any atom is -0.356 e. The molecule has 1 unspecified atom stereocenters. The summed E-state index contributed by atoms with van der Waals surface area (Å²) in [4.78, 5) is 26.2. The molecule has 1 heterocycles. The van der Waals surface area contributed by atoms with E-state index in [0.717, 1.165) is 24.1 Å². The molecule has 0 aromatic heterocycles. The molecule has 2 amide bonds. The van der Waals surface area contributed by atoms with Gasteiger partial charge in [-0.2, -0.15) is 0 Å². The Morgan fingerprint density at radius 2 is 1.80 bits per heavy atom. The van der Waals surface area contributed by atoms with Gasteiger partial charge in [0.1, 0.15) is 0 Å². The molecular weight excluding hydrogens is 314 g/mol. The van der Waals surface area contributed by atoms with E-state index in [-0.39, 0.29) is 24.3 Å². The van der Waals surface area contributed by atoms with E-state index in [1.165, 1.54) is 39.3 Å². The fourth-order valence-corrected chi connectivity index (χ4v) is 3.27. The van der Waals surface area contributed by atoms with Crippen molar-refractivity contribution in [3.05, 3.63) is 35.4 Å². The summed E-state index contributed by atoms with van der Waals surface area (Å²) in [5, 5.41) is 5.87. The average molecular weight is 345 g/mol. The van der Waals surface area contributed by atoms with Crippen LogP contribution in [0.4, 0.5) is 0 Å². The zero-order chi connectivity index (χ0) is 18.1. The van der Waals surface area contributed by atoms with Crippen LogP contribution in [0.3, 0.4) is 0 Å². The second-order valence-electron chi connectivity index (χ2n) is 6.97. The van der Waals surface area contributed by atoms with Crippen LogP contribution >= 0.6 is 0 Å². The standard InChI is InChI=1S/C20H31N3O2/c1-16-7-9-18(10-8-16)19(22-17(2)24)15-20(25)21-11-6-14-23-12-4-3-5-13-23/h7-10,19H,3-6,11-15H2,1-2H3,(H,21,25)(H,22,24). The molecular formula is C20H31N3O2. The molecule has 1 saturated heterocycles. The highest BCUT2D eigenvalue weighted by Gasteiger charge is 2.17. The molecule has 0 spiro atoms. The van der Waals surface area contributed by atoms with Crippen LogP contribution in [0.1, 0.15) is 56.2 Å². The van der Waals surface area contributed by atoms with E-state index < -0.39 is 0 Å². The van der Waals surface area contributed by atoms with Crippen molar-refractivity contribution < 1.29 is 9.59 Å². The minimum absolute atomic E-state index is 0.0158. The quantitative estimate of drug-likeness (QED) is 0.712. The number of rotatable bonds is 8. The Morgan fingerprint density at radius 3 is 2.44 bits per heavy atom. The second kappa shape index (κ2) is 10.2. The lowest BCUT2D eigenvalue weighted by Gasteiger charge is -2.26. The van der Waals surface area contributed by atoms with Gasteiger partial charge in [-0.25, -0.2) is 0 Å². The van der Waals surface area contributed by atoms with Gasteiger partial charge in [-0.3, -0.25) is 9.59 Å². The highest BCUT2D eigenvalue weighted by Crippen LogP contribution is 2.17. The van der Waals surface area contributed by atoms with Gasteiger partial charge in [-0.1, -0.05) is 36.2 Å². The van der Waals surface area contributed by atoms with Gasteiger partial charge >= 0.3 is 0 Å². The van der Waals surface area contributed by atoms with Crippen LogP contribution in [-0.4, -0.2) is 42.9 Å². The molecule has 0 radical (unpaired) electrons. The number of carbonyl (C=O) groups is 2. The Labute approximate surface area is 151 Å². The van der Waals surface area contributed by atoms with Crippen molar-refractivity contribution in [3.63, 3.8) is 0 Å². The summed E-state index contributed by atoms with van der Waals surface area (Å²) in [6.45, 7) is 7.62. The third kappa shape index (κ3) is 7.26. The zero-order valence-electron chi connectivity index (χ0n) is 15.5. The molecule has 2 N–H and O–H groups in total. The Bertz CT molecular complexity index is 551. The maximum atomic E-state index is 12.3. The van der Waals surface area contributed by atoms with Crippen molar-refractivity contribution in [2.45, 2.75) is 52.0 Å². The first-order valence-corrected chi connectivity index (χ1v) is 9.37. The van der Waals surface area contributed by atoms with E-state index >= 15 is 0 Å². The molecule has 2 rings (SSSR count). The van der Waals surface area contributed by atoms with Crippen molar-refractivity contribution in [2.24, 2.45) is 0 Å². The predicted molar refractivity (Wildman–Crippen MR) is 100 cm³/mol. The number of nitrogens with one attached hydrogen (secondary N) is 2. The van der Waals surface area contributed by atoms with Crippen LogP contribution in [0.25, 0.3) is 0 Å². The first-order valence-electron chi connectivity index (χ1n) is 9.37. The fraction of sp³-hybridized carbons (Fsp3) is 0.600. The van der Waals surface area contributed by atoms with Gasteiger partial charge in [-0.15, -0.1) is 0 Å². The van der Waals surface area contributed by atoms with Gasteiger partial charge in [0.05, 0.1) is 12.5 Å². The highest BCUT2D eigenvalue weighted by atomic mass is 16.2. The summed E-state index contributed by atoms with van der Waals surface area (Å²) < 4.78 is 0. The maximum Gasteiger partial charge on any atom is 0.222 e. The van der Waals surface area contributed by atoms with Crippen LogP contribution in [-0.2, 0) is 9.59 Å². The molecule has 1 aliphatic heterocycles. The summed E-state index contributed by atoms with van der Waals surface area (Å²) in [5.74, 6) is -0.138. The molecule has 0 saturated carbocycles. The van der Waals surface area contributed by atoms with E-state index in [4.69, 9.17) is 0 Å². The molecule has 138 valence electrons. The molecule has 5 heteroatoms. The first kappa shape index (κ1) is 19.4. The SMILES string of the molecule is CC(=O)NC(CC(=O)NCCCN1CCCCC1)c1ccc(C)cc1. The predicted octanol–water partition coefficient (Wildman–Crippen LogP) is 2.55. The van der Waals surface area contributed by atoms with Gasteiger partial charge in [-0.05, 0) is 51.4 Å².